The Morgan fingerprint density at radius 3 is 2.63 bits per heavy atom. The van der Waals surface area contributed by atoms with Crippen molar-refractivity contribution in [1.29, 1.82) is 0 Å². The van der Waals surface area contributed by atoms with E-state index in [1.807, 2.05) is 6.92 Å². The molecule has 104 valence electrons. The number of nitrogen functional groups attached to an aromatic ring is 1. The van der Waals surface area contributed by atoms with Crippen LogP contribution in [-0.2, 0) is 9.53 Å². The van der Waals surface area contributed by atoms with Crippen LogP contribution in [0.1, 0.15) is 23.7 Å². The van der Waals surface area contributed by atoms with Crippen molar-refractivity contribution in [3.8, 4) is 0 Å². The van der Waals surface area contributed by atoms with Gasteiger partial charge < -0.3 is 15.4 Å². The Labute approximate surface area is 111 Å². The molecule has 0 unspecified atom stereocenters. The minimum absolute atomic E-state index is 0.105. The molecule has 1 aromatic carbocycles. The summed E-state index contributed by atoms with van der Waals surface area (Å²) in [5, 5.41) is 0. The predicted octanol–water partition coefficient (Wildman–Crippen LogP) is 1.43. The lowest BCUT2D eigenvalue weighted by atomic mass is 10.1. The van der Waals surface area contributed by atoms with Crippen molar-refractivity contribution in [1.82, 2.24) is 4.90 Å². The number of rotatable bonds is 5. The van der Waals surface area contributed by atoms with Crippen LogP contribution < -0.4 is 5.73 Å². The number of carbonyl (C=O) groups is 2. The molecule has 5 nitrogen and oxygen atoms in total. The summed E-state index contributed by atoms with van der Waals surface area (Å²) in [6.45, 7) is 2.00. The maximum Gasteiger partial charge on any atom is 0.325 e. The molecule has 2 N–H and O–H groups in total. The van der Waals surface area contributed by atoms with Gasteiger partial charge in [0.25, 0.3) is 5.91 Å². The van der Waals surface area contributed by atoms with E-state index < -0.39 is 17.7 Å². The van der Waals surface area contributed by atoms with Crippen LogP contribution >= 0.6 is 0 Å². The Kier molecular flexibility index (Phi) is 5.29. The van der Waals surface area contributed by atoms with Gasteiger partial charge in [0, 0.05) is 12.2 Å². The van der Waals surface area contributed by atoms with E-state index in [1.165, 1.54) is 24.1 Å². The lowest BCUT2D eigenvalue weighted by Crippen LogP contribution is -2.37. The van der Waals surface area contributed by atoms with Crippen LogP contribution in [-0.4, -0.2) is 37.0 Å². The van der Waals surface area contributed by atoms with Gasteiger partial charge in [0.05, 0.1) is 12.7 Å². The number of esters is 1. The normalized spacial score (nSPS) is 10.1. The third-order valence-corrected chi connectivity index (χ3v) is 2.55. The Bertz CT molecular complexity index is 477. The fraction of sp³-hybridized carbons (Fsp3) is 0.385. The lowest BCUT2D eigenvalue weighted by molar-refractivity contribution is -0.141. The van der Waals surface area contributed by atoms with Crippen molar-refractivity contribution in [2.75, 3.05) is 25.9 Å². The molecule has 0 spiro atoms. The first-order chi connectivity index (χ1) is 8.99. The van der Waals surface area contributed by atoms with E-state index in [4.69, 9.17) is 5.73 Å². The molecule has 1 rings (SSSR count). The van der Waals surface area contributed by atoms with Gasteiger partial charge in [-0.1, -0.05) is 6.92 Å². The van der Waals surface area contributed by atoms with Crippen molar-refractivity contribution in [2.24, 2.45) is 0 Å². The monoisotopic (exact) mass is 268 g/mol. The van der Waals surface area contributed by atoms with Crippen LogP contribution in [0, 0.1) is 5.82 Å². The van der Waals surface area contributed by atoms with Gasteiger partial charge in [-0.3, -0.25) is 9.59 Å². The Hall–Kier alpha value is -2.11. The van der Waals surface area contributed by atoms with Crippen LogP contribution in [0.2, 0.25) is 0 Å². The number of anilines is 1. The molecule has 0 fully saturated rings. The average Bonchev–Trinajstić information content (AvgIpc) is 2.37. The van der Waals surface area contributed by atoms with Gasteiger partial charge >= 0.3 is 5.97 Å². The van der Waals surface area contributed by atoms with Gasteiger partial charge in [-0.2, -0.15) is 0 Å². The van der Waals surface area contributed by atoms with Crippen molar-refractivity contribution in [3.63, 3.8) is 0 Å². The second-order valence-electron chi connectivity index (χ2n) is 4.04. The van der Waals surface area contributed by atoms with Crippen LogP contribution in [0.3, 0.4) is 0 Å². The van der Waals surface area contributed by atoms with Gasteiger partial charge in [-0.25, -0.2) is 4.39 Å². The number of hydrogen-bond acceptors (Lipinski definition) is 4. The highest BCUT2D eigenvalue weighted by molar-refractivity contribution is 5.96. The predicted molar refractivity (Wildman–Crippen MR) is 69.0 cm³/mol. The third-order valence-electron chi connectivity index (χ3n) is 2.55. The minimum Gasteiger partial charge on any atom is -0.468 e. The third kappa shape index (κ3) is 3.94. The summed E-state index contributed by atoms with van der Waals surface area (Å²) in [6.07, 6.45) is 0.652. The molecule has 0 aliphatic carbocycles. The quantitative estimate of drug-likeness (QED) is 0.647. The van der Waals surface area contributed by atoms with E-state index in [9.17, 15) is 14.0 Å². The van der Waals surface area contributed by atoms with E-state index in [1.54, 1.807) is 0 Å². The topological polar surface area (TPSA) is 72.6 Å². The van der Waals surface area contributed by atoms with Gasteiger partial charge in [0.15, 0.2) is 0 Å². The number of carbonyl (C=O) groups excluding carboxylic acids is 2. The van der Waals surface area contributed by atoms with Crippen LogP contribution in [0.15, 0.2) is 18.2 Å². The van der Waals surface area contributed by atoms with Gasteiger partial charge in [-0.15, -0.1) is 0 Å². The van der Waals surface area contributed by atoms with Crippen molar-refractivity contribution < 1.29 is 18.7 Å². The number of ether oxygens (including phenoxy) is 1. The van der Waals surface area contributed by atoms with E-state index in [2.05, 4.69) is 4.74 Å². The maximum absolute atomic E-state index is 13.7. The zero-order valence-electron chi connectivity index (χ0n) is 11.0. The highest BCUT2D eigenvalue weighted by atomic mass is 19.1. The molecule has 1 amide bonds. The lowest BCUT2D eigenvalue weighted by Gasteiger charge is -2.21. The smallest absolute Gasteiger partial charge is 0.325 e. The summed E-state index contributed by atoms with van der Waals surface area (Å²) in [5.41, 5.74) is 5.56. The summed E-state index contributed by atoms with van der Waals surface area (Å²) in [6, 6.07) is 3.83. The number of benzene rings is 1. The first-order valence-corrected chi connectivity index (χ1v) is 5.90. The van der Waals surface area contributed by atoms with Crippen LogP contribution in [0.25, 0.3) is 0 Å². The minimum atomic E-state index is -0.698. The summed E-state index contributed by atoms with van der Waals surface area (Å²) in [7, 11) is 1.24. The molecule has 0 saturated carbocycles. The van der Waals surface area contributed by atoms with Crippen molar-refractivity contribution in [2.45, 2.75) is 13.3 Å². The number of halogens is 1. The number of nitrogens with zero attached hydrogens (tertiary/aromatic N) is 1. The molecular formula is C13H17FN2O3. The largest absolute Gasteiger partial charge is 0.468 e. The first-order valence-electron chi connectivity index (χ1n) is 5.90. The molecule has 0 bridgehead atoms. The Balaban J connectivity index is 2.95. The molecule has 0 saturated heterocycles. The second kappa shape index (κ2) is 6.72. The van der Waals surface area contributed by atoms with Crippen LogP contribution in [0.4, 0.5) is 10.1 Å². The number of nitrogens with two attached hydrogens (primary N) is 1. The number of methoxy groups -OCH3 is 1. The Morgan fingerprint density at radius 2 is 2.11 bits per heavy atom. The molecule has 0 aliphatic heterocycles. The first kappa shape index (κ1) is 14.9. The van der Waals surface area contributed by atoms with Crippen molar-refractivity contribution >= 4 is 17.6 Å². The van der Waals surface area contributed by atoms with E-state index in [-0.39, 0.29) is 17.8 Å². The van der Waals surface area contributed by atoms with E-state index in [0.717, 1.165) is 6.07 Å². The highest BCUT2D eigenvalue weighted by Crippen LogP contribution is 2.14. The van der Waals surface area contributed by atoms with Crippen molar-refractivity contribution in [3.05, 3.63) is 29.6 Å². The molecule has 0 atom stereocenters. The highest BCUT2D eigenvalue weighted by Gasteiger charge is 2.21. The van der Waals surface area contributed by atoms with E-state index in [0.29, 0.717) is 13.0 Å². The maximum atomic E-state index is 13.7. The molecule has 0 radical (unpaired) electrons. The Morgan fingerprint density at radius 1 is 1.42 bits per heavy atom. The summed E-state index contributed by atoms with van der Waals surface area (Å²) < 4.78 is 18.2. The molecule has 19 heavy (non-hydrogen) atoms. The fourth-order valence-electron chi connectivity index (χ4n) is 1.62. The summed E-state index contributed by atoms with van der Waals surface area (Å²) >= 11 is 0. The summed E-state index contributed by atoms with van der Waals surface area (Å²) in [5.74, 6) is -1.79. The molecule has 0 heterocycles. The zero-order chi connectivity index (χ0) is 14.4. The molecule has 0 aliphatic rings. The average molecular weight is 268 g/mol. The fourth-order valence-corrected chi connectivity index (χ4v) is 1.62. The standard InChI is InChI=1S/C13H17FN2O3/c1-3-6-16(8-12(17)19-2)13(18)10-5-4-9(15)7-11(10)14/h4-5,7H,3,6,8,15H2,1-2H3. The molecule has 0 aromatic heterocycles. The van der Waals surface area contributed by atoms with Gasteiger partial charge in [0.1, 0.15) is 12.4 Å². The zero-order valence-corrected chi connectivity index (χ0v) is 11.0. The summed E-state index contributed by atoms with van der Waals surface area (Å²) in [4.78, 5) is 24.6. The van der Waals surface area contributed by atoms with Gasteiger partial charge in [-0.05, 0) is 24.6 Å². The molecule has 1 aromatic rings. The SMILES string of the molecule is CCCN(CC(=O)OC)C(=O)c1ccc(N)cc1F. The molecular weight excluding hydrogens is 251 g/mol. The van der Waals surface area contributed by atoms with Crippen LogP contribution in [0.5, 0.6) is 0 Å². The van der Waals surface area contributed by atoms with E-state index >= 15 is 0 Å². The molecule has 6 heteroatoms. The van der Waals surface area contributed by atoms with Gasteiger partial charge in [0.2, 0.25) is 0 Å². The number of hydrogen-bond donors (Lipinski definition) is 1. The second-order valence-corrected chi connectivity index (χ2v) is 4.04. The number of amides is 1.